The second-order valence-corrected chi connectivity index (χ2v) is 11.7. The number of benzene rings is 2. The number of nitrogens with one attached hydrogen (secondary N) is 2. The highest BCUT2D eigenvalue weighted by atomic mass is 16.2. The number of imide groups is 1. The maximum atomic E-state index is 12.5. The van der Waals surface area contributed by atoms with E-state index < -0.39 is 5.92 Å². The van der Waals surface area contributed by atoms with Crippen molar-refractivity contribution in [3.05, 3.63) is 59.4 Å². The Kier molecular flexibility index (Phi) is 6.91. The topological polar surface area (TPSA) is 129 Å². The largest absolute Gasteiger partial charge is 0.368 e. The van der Waals surface area contributed by atoms with E-state index in [4.69, 9.17) is 9.97 Å². The van der Waals surface area contributed by atoms with Gasteiger partial charge in [0, 0.05) is 80.9 Å². The molecule has 5 heterocycles. The van der Waals surface area contributed by atoms with E-state index in [0.29, 0.717) is 25.2 Å². The number of hydrogen-bond acceptors (Lipinski definition) is 9. The molecule has 3 amide bonds. The van der Waals surface area contributed by atoms with Crippen LogP contribution in [0.5, 0.6) is 0 Å². The van der Waals surface area contributed by atoms with Gasteiger partial charge in [-0.15, -0.1) is 0 Å². The number of likely N-dealkylation sites (N-methyl/N-ethyl adjacent to an activating group) is 1. The maximum absolute atomic E-state index is 12.5. The third-order valence-corrected chi connectivity index (χ3v) is 9.01. The lowest BCUT2D eigenvalue weighted by molar-refractivity contribution is -0.134. The molecule has 2 aromatic heterocycles. The first-order valence-electron chi connectivity index (χ1n) is 15.1. The lowest BCUT2D eigenvalue weighted by Gasteiger charge is -2.36. The average Bonchev–Trinajstić information content (AvgIpc) is 3.51. The summed E-state index contributed by atoms with van der Waals surface area (Å²) < 4.78 is 1.82. The fourth-order valence-corrected chi connectivity index (χ4v) is 6.45. The first kappa shape index (κ1) is 27.8. The predicted octanol–water partition coefficient (Wildman–Crippen LogP) is 3.04. The Hall–Kier alpha value is -5.00. The molecule has 4 aromatic rings. The van der Waals surface area contributed by atoms with Gasteiger partial charge >= 0.3 is 0 Å². The van der Waals surface area contributed by atoms with E-state index in [9.17, 15) is 14.4 Å². The SMILES string of the molecule is CCc1cnc(N2CCN(c3ccc4c(C5CCC(=O)NC5=O)nn(C)c4c3)CC2)nc1Nc1ccc2c(c1)CC(=O)N2C. The van der Waals surface area contributed by atoms with Crippen LogP contribution < -0.4 is 25.3 Å². The molecule has 0 saturated carbocycles. The van der Waals surface area contributed by atoms with Gasteiger partial charge in [-0.3, -0.25) is 24.4 Å². The molecule has 2 N–H and O–H groups in total. The Bertz CT molecular complexity index is 1810. The summed E-state index contributed by atoms with van der Waals surface area (Å²) in [7, 11) is 3.70. The van der Waals surface area contributed by atoms with Crippen molar-refractivity contribution in [1.29, 1.82) is 0 Å². The molecule has 1 unspecified atom stereocenters. The van der Waals surface area contributed by atoms with Crippen molar-refractivity contribution in [2.24, 2.45) is 7.05 Å². The summed E-state index contributed by atoms with van der Waals surface area (Å²) in [5.74, 6) is 0.663. The standard InChI is InChI=1S/C32H35N9O3/c1-4-19-18-33-32(36-30(19)34-21-5-9-25-20(15-21)16-28(43)38(25)2)41-13-11-40(12-14-41)22-6-7-23-26(17-22)39(3)37-29(23)24-8-10-27(42)35-31(24)44/h5-7,9,15,17-18,24H,4,8,10-14,16H2,1-3H3,(H,33,34,36)(H,35,42,44). The second-order valence-electron chi connectivity index (χ2n) is 11.7. The molecule has 12 heteroatoms. The minimum absolute atomic E-state index is 0.104. The summed E-state index contributed by atoms with van der Waals surface area (Å²) in [5.41, 5.74) is 6.69. The van der Waals surface area contributed by atoms with E-state index in [2.05, 4.69) is 44.6 Å². The van der Waals surface area contributed by atoms with Crippen molar-refractivity contribution in [3.8, 4) is 0 Å². The van der Waals surface area contributed by atoms with Crippen molar-refractivity contribution in [3.63, 3.8) is 0 Å². The van der Waals surface area contributed by atoms with Crippen LogP contribution in [-0.4, -0.2) is 70.7 Å². The highest BCUT2D eigenvalue weighted by molar-refractivity contribution is 6.03. The number of piperazine rings is 1. The zero-order chi connectivity index (χ0) is 30.5. The van der Waals surface area contributed by atoms with Gasteiger partial charge in [0.2, 0.25) is 23.7 Å². The summed E-state index contributed by atoms with van der Waals surface area (Å²) in [6.45, 7) is 5.23. The number of piperidine rings is 1. The molecular formula is C32H35N9O3. The fourth-order valence-electron chi connectivity index (χ4n) is 6.45. The van der Waals surface area contributed by atoms with Gasteiger partial charge in [0.1, 0.15) is 5.82 Å². The van der Waals surface area contributed by atoms with Crippen molar-refractivity contribution in [2.75, 3.05) is 53.2 Å². The van der Waals surface area contributed by atoms with E-state index in [0.717, 1.165) is 83.2 Å². The number of nitrogens with zero attached hydrogens (tertiary/aromatic N) is 7. The van der Waals surface area contributed by atoms with E-state index in [-0.39, 0.29) is 17.7 Å². The molecular weight excluding hydrogens is 558 g/mol. The highest BCUT2D eigenvalue weighted by Crippen LogP contribution is 2.34. The second kappa shape index (κ2) is 10.9. The monoisotopic (exact) mass is 593 g/mol. The Balaban J connectivity index is 1.05. The van der Waals surface area contributed by atoms with Crippen LogP contribution in [0.25, 0.3) is 10.9 Å². The van der Waals surface area contributed by atoms with Gasteiger partial charge in [0.05, 0.1) is 23.5 Å². The molecule has 7 rings (SSSR count). The molecule has 3 aliphatic heterocycles. The molecule has 0 bridgehead atoms. The minimum Gasteiger partial charge on any atom is -0.368 e. The molecule has 0 radical (unpaired) electrons. The van der Waals surface area contributed by atoms with Crippen LogP contribution in [0, 0.1) is 0 Å². The molecule has 2 aromatic carbocycles. The smallest absolute Gasteiger partial charge is 0.235 e. The zero-order valence-corrected chi connectivity index (χ0v) is 25.1. The van der Waals surface area contributed by atoms with Gasteiger partial charge in [-0.1, -0.05) is 6.92 Å². The summed E-state index contributed by atoms with van der Waals surface area (Å²) in [4.78, 5) is 52.2. The Labute approximate surface area is 255 Å². The number of aryl methyl sites for hydroxylation is 2. The van der Waals surface area contributed by atoms with Crippen LogP contribution in [-0.2, 0) is 34.3 Å². The van der Waals surface area contributed by atoms with Crippen LogP contribution in [0.4, 0.5) is 28.8 Å². The van der Waals surface area contributed by atoms with Crippen LogP contribution in [0.15, 0.2) is 42.6 Å². The molecule has 0 spiro atoms. The third kappa shape index (κ3) is 4.89. The molecule has 44 heavy (non-hydrogen) atoms. The minimum atomic E-state index is -0.419. The summed E-state index contributed by atoms with van der Waals surface area (Å²) in [6, 6.07) is 12.3. The van der Waals surface area contributed by atoms with Crippen molar-refractivity contribution >= 4 is 57.5 Å². The first-order chi connectivity index (χ1) is 21.3. The molecule has 12 nitrogen and oxygen atoms in total. The number of carbonyl (C=O) groups excluding carboxylic acids is 3. The van der Waals surface area contributed by atoms with Crippen molar-refractivity contribution < 1.29 is 14.4 Å². The quantitative estimate of drug-likeness (QED) is 0.324. The molecule has 1 atom stereocenters. The zero-order valence-electron chi connectivity index (χ0n) is 25.1. The van der Waals surface area contributed by atoms with Crippen LogP contribution in [0.1, 0.15) is 42.5 Å². The Morgan fingerprint density at radius 1 is 1.00 bits per heavy atom. The summed E-state index contributed by atoms with van der Waals surface area (Å²) in [5, 5.41) is 11.6. The van der Waals surface area contributed by atoms with E-state index in [1.807, 2.05) is 49.2 Å². The predicted molar refractivity (Wildman–Crippen MR) is 169 cm³/mol. The lowest BCUT2D eigenvalue weighted by Crippen LogP contribution is -2.47. The normalized spacial score (nSPS) is 18.7. The average molecular weight is 594 g/mol. The number of aromatic nitrogens is 4. The molecule has 0 aliphatic carbocycles. The maximum Gasteiger partial charge on any atom is 0.235 e. The molecule has 2 saturated heterocycles. The number of hydrogen-bond donors (Lipinski definition) is 2. The molecule has 2 fully saturated rings. The van der Waals surface area contributed by atoms with Crippen LogP contribution >= 0.6 is 0 Å². The van der Waals surface area contributed by atoms with E-state index in [1.54, 1.807) is 4.90 Å². The van der Waals surface area contributed by atoms with Gasteiger partial charge in [-0.05, 0) is 54.8 Å². The van der Waals surface area contributed by atoms with Gasteiger partial charge in [0.15, 0.2) is 0 Å². The highest BCUT2D eigenvalue weighted by Gasteiger charge is 2.32. The summed E-state index contributed by atoms with van der Waals surface area (Å²) in [6.07, 6.45) is 3.91. The number of anilines is 5. The van der Waals surface area contributed by atoms with Crippen molar-refractivity contribution in [2.45, 2.75) is 38.5 Å². The Morgan fingerprint density at radius 2 is 1.80 bits per heavy atom. The first-order valence-corrected chi connectivity index (χ1v) is 15.1. The van der Waals surface area contributed by atoms with Crippen molar-refractivity contribution in [1.82, 2.24) is 25.1 Å². The van der Waals surface area contributed by atoms with Gasteiger partial charge in [-0.2, -0.15) is 10.1 Å². The van der Waals surface area contributed by atoms with Crippen LogP contribution in [0.2, 0.25) is 0 Å². The number of amides is 3. The number of carbonyl (C=O) groups is 3. The lowest BCUT2D eigenvalue weighted by atomic mass is 9.93. The third-order valence-electron chi connectivity index (χ3n) is 9.01. The van der Waals surface area contributed by atoms with Gasteiger partial charge in [-0.25, -0.2) is 4.98 Å². The van der Waals surface area contributed by atoms with Crippen LogP contribution in [0.3, 0.4) is 0 Å². The number of fused-ring (bicyclic) bond motifs is 2. The Morgan fingerprint density at radius 3 is 2.57 bits per heavy atom. The van der Waals surface area contributed by atoms with Gasteiger partial charge in [0.25, 0.3) is 0 Å². The van der Waals surface area contributed by atoms with Gasteiger partial charge < -0.3 is 20.0 Å². The molecule has 3 aliphatic rings. The number of rotatable bonds is 6. The van der Waals surface area contributed by atoms with E-state index >= 15 is 0 Å². The van der Waals surface area contributed by atoms with E-state index in [1.165, 1.54) is 0 Å². The fraction of sp³-hybridized carbons (Fsp3) is 0.375. The molecule has 226 valence electrons. The summed E-state index contributed by atoms with van der Waals surface area (Å²) >= 11 is 0.